The largest absolute Gasteiger partial charge is 0.384 e. The quantitative estimate of drug-likeness (QED) is 0.598. The second-order valence-electron chi connectivity index (χ2n) is 8.94. The maximum absolute atomic E-state index is 11.7. The normalized spacial score (nSPS) is 20.6. The first-order chi connectivity index (χ1) is 14.1. The minimum absolute atomic E-state index is 0.0634. The van der Waals surface area contributed by atoms with Crippen molar-refractivity contribution < 1.29 is 13.2 Å². The van der Waals surface area contributed by atoms with Crippen molar-refractivity contribution in [2.75, 3.05) is 33.1 Å². The number of sulfone groups is 1. The molecule has 0 spiro atoms. The zero-order valence-corrected chi connectivity index (χ0v) is 19.8. The molecule has 0 N–H and O–H groups in total. The third-order valence-corrected chi connectivity index (χ3v) is 7.68. The number of pyridine rings is 1. The molecule has 1 atom stereocenters. The van der Waals surface area contributed by atoms with Gasteiger partial charge in [-0.1, -0.05) is 23.7 Å². The van der Waals surface area contributed by atoms with E-state index in [1.54, 1.807) is 25.4 Å². The number of rotatable bonds is 8. The number of likely N-dealkylation sites (tertiary alicyclic amines) is 1. The molecule has 3 rings (SSSR count). The lowest BCUT2D eigenvalue weighted by atomic mass is 9.81. The molecule has 0 bridgehead atoms. The van der Waals surface area contributed by atoms with E-state index in [9.17, 15) is 8.42 Å². The lowest BCUT2D eigenvalue weighted by Gasteiger charge is -2.37. The van der Waals surface area contributed by atoms with Gasteiger partial charge in [0, 0.05) is 31.5 Å². The fraction of sp³-hybridized carbons (Fsp3) is 0.522. The summed E-state index contributed by atoms with van der Waals surface area (Å²) >= 11 is 6.02. The second-order valence-corrected chi connectivity index (χ2v) is 11.4. The van der Waals surface area contributed by atoms with E-state index in [0.717, 1.165) is 43.6 Å². The van der Waals surface area contributed by atoms with E-state index in [4.69, 9.17) is 16.3 Å². The number of hydrogen-bond acceptors (Lipinski definition) is 5. The topological polar surface area (TPSA) is 59.5 Å². The van der Waals surface area contributed by atoms with Crippen LogP contribution >= 0.6 is 11.6 Å². The van der Waals surface area contributed by atoms with Crippen LogP contribution in [-0.4, -0.2) is 51.4 Å². The van der Waals surface area contributed by atoms with Crippen molar-refractivity contribution in [3.05, 3.63) is 58.9 Å². The van der Waals surface area contributed by atoms with E-state index < -0.39 is 9.84 Å². The van der Waals surface area contributed by atoms with Crippen LogP contribution in [0.4, 0.5) is 0 Å². The summed E-state index contributed by atoms with van der Waals surface area (Å²) in [6, 6.07) is 11.1. The molecule has 1 aliphatic rings. The zero-order valence-electron chi connectivity index (χ0n) is 18.2. The summed E-state index contributed by atoms with van der Waals surface area (Å²) in [6.07, 6.45) is 5.87. The van der Waals surface area contributed by atoms with Gasteiger partial charge in [-0.3, -0.25) is 9.88 Å². The fourth-order valence-electron chi connectivity index (χ4n) is 4.33. The Morgan fingerprint density at radius 2 is 1.90 bits per heavy atom. The van der Waals surface area contributed by atoms with Crippen LogP contribution in [0.15, 0.2) is 47.5 Å². The molecule has 0 unspecified atom stereocenters. The summed E-state index contributed by atoms with van der Waals surface area (Å²) in [4.78, 5) is 7.40. The second kappa shape index (κ2) is 8.95. The molecule has 0 amide bonds. The van der Waals surface area contributed by atoms with Crippen molar-refractivity contribution in [2.45, 2.75) is 43.5 Å². The molecule has 5 nitrogen and oxygen atoms in total. The van der Waals surface area contributed by atoms with Crippen LogP contribution < -0.4 is 0 Å². The van der Waals surface area contributed by atoms with Crippen LogP contribution in [0.5, 0.6) is 0 Å². The average Bonchev–Trinajstić information content (AvgIpc) is 3.12. The van der Waals surface area contributed by atoms with Crippen molar-refractivity contribution in [2.24, 2.45) is 5.41 Å². The van der Waals surface area contributed by atoms with Gasteiger partial charge in [0.15, 0.2) is 9.84 Å². The fourth-order valence-corrected chi connectivity index (χ4v) is 5.07. The van der Waals surface area contributed by atoms with Gasteiger partial charge in [-0.15, -0.1) is 0 Å². The highest BCUT2D eigenvalue weighted by Gasteiger charge is 2.43. The Kier molecular flexibility index (Phi) is 6.92. The number of hydrogen-bond donors (Lipinski definition) is 0. The van der Waals surface area contributed by atoms with Crippen LogP contribution in [0.1, 0.15) is 37.9 Å². The average molecular weight is 451 g/mol. The number of methoxy groups -OCH3 is 1. The lowest BCUT2D eigenvalue weighted by molar-refractivity contribution is 0.0593. The number of aryl methyl sites for hydroxylation is 1. The van der Waals surface area contributed by atoms with Gasteiger partial charge in [-0.05, 0) is 69.5 Å². The molecule has 30 heavy (non-hydrogen) atoms. The summed E-state index contributed by atoms with van der Waals surface area (Å²) in [7, 11) is -1.40. The van der Waals surface area contributed by atoms with Gasteiger partial charge < -0.3 is 4.74 Å². The van der Waals surface area contributed by atoms with Gasteiger partial charge in [0.05, 0.1) is 27.8 Å². The minimum atomic E-state index is -3.16. The molecular formula is C23H31ClN2O3S. The van der Waals surface area contributed by atoms with Crippen molar-refractivity contribution in [1.29, 1.82) is 0 Å². The highest BCUT2D eigenvalue weighted by Crippen LogP contribution is 2.41. The molecular weight excluding hydrogens is 420 g/mol. The van der Waals surface area contributed by atoms with Gasteiger partial charge in [0.25, 0.3) is 0 Å². The highest BCUT2D eigenvalue weighted by atomic mass is 35.5. The van der Waals surface area contributed by atoms with Crippen LogP contribution in [0.25, 0.3) is 0 Å². The molecule has 1 aromatic carbocycles. The van der Waals surface area contributed by atoms with Gasteiger partial charge in [-0.25, -0.2) is 8.42 Å². The molecule has 1 aliphatic heterocycles. The molecule has 7 heteroatoms. The molecule has 0 radical (unpaired) electrons. The first-order valence-electron chi connectivity index (χ1n) is 10.2. The van der Waals surface area contributed by atoms with E-state index >= 15 is 0 Å². The lowest BCUT2D eigenvalue weighted by Crippen LogP contribution is -2.42. The van der Waals surface area contributed by atoms with Crippen LogP contribution in [0, 0.1) is 5.41 Å². The van der Waals surface area contributed by atoms with Gasteiger partial charge in [0.1, 0.15) is 0 Å². The van der Waals surface area contributed by atoms with Crippen molar-refractivity contribution >= 4 is 21.4 Å². The molecule has 1 fully saturated rings. The third-order valence-electron chi connectivity index (χ3n) is 6.33. The predicted molar refractivity (Wildman–Crippen MR) is 121 cm³/mol. The minimum Gasteiger partial charge on any atom is -0.384 e. The maximum Gasteiger partial charge on any atom is 0.175 e. The Morgan fingerprint density at radius 3 is 2.47 bits per heavy atom. The van der Waals surface area contributed by atoms with Crippen LogP contribution in [0.3, 0.4) is 0 Å². The number of halogens is 1. The van der Waals surface area contributed by atoms with Gasteiger partial charge in [-0.2, -0.15) is 0 Å². The number of nitrogens with zero attached hydrogens (tertiary/aromatic N) is 2. The summed E-state index contributed by atoms with van der Waals surface area (Å²) in [5.74, 6) is 0. The SMILES string of the molecule is COC[C@@]1(CCc2ccc(S(C)(=O)=O)cc2)CCN(C(C)(C)c2ccc(Cl)cn2)C1. The van der Waals surface area contributed by atoms with Crippen molar-refractivity contribution in [3.8, 4) is 0 Å². The molecule has 2 heterocycles. The molecule has 0 aliphatic carbocycles. The molecule has 1 saturated heterocycles. The summed E-state index contributed by atoms with van der Waals surface area (Å²) < 4.78 is 29.0. The van der Waals surface area contributed by atoms with Gasteiger partial charge in [0.2, 0.25) is 0 Å². The van der Waals surface area contributed by atoms with Gasteiger partial charge >= 0.3 is 0 Å². The number of ether oxygens (including phenoxy) is 1. The number of aromatic nitrogens is 1. The monoisotopic (exact) mass is 450 g/mol. The van der Waals surface area contributed by atoms with E-state index in [0.29, 0.717) is 16.5 Å². The smallest absolute Gasteiger partial charge is 0.175 e. The zero-order chi connectivity index (χ0) is 22.0. The maximum atomic E-state index is 11.7. The third kappa shape index (κ3) is 5.22. The van der Waals surface area contributed by atoms with E-state index in [1.807, 2.05) is 24.3 Å². The van der Waals surface area contributed by atoms with Crippen LogP contribution in [-0.2, 0) is 26.5 Å². The molecule has 1 aromatic heterocycles. The molecule has 2 aromatic rings. The van der Waals surface area contributed by atoms with E-state index in [2.05, 4.69) is 23.7 Å². The summed E-state index contributed by atoms with van der Waals surface area (Å²) in [6.45, 7) is 7.02. The number of benzene rings is 1. The van der Waals surface area contributed by atoms with Crippen molar-refractivity contribution in [3.63, 3.8) is 0 Å². The first-order valence-corrected chi connectivity index (χ1v) is 12.5. The Hall–Kier alpha value is -1.47. The summed E-state index contributed by atoms with van der Waals surface area (Å²) in [5, 5.41) is 0.645. The first kappa shape index (κ1) is 23.2. The van der Waals surface area contributed by atoms with E-state index in [1.165, 1.54) is 6.26 Å². The Morgan fingerprint density at radius 1 is 1.20 bits per heavy atom. The molecule has 0 saturated carbocycles. The Bertz CT molecular complexity index is 959. The van der Waals surface area contributed by atoms with E-state index in [-0.39, 0.29) is 11.0 Å². The van der Waals surface area contributed by atoms with Crippen molar-refractivity contribution in [1.82, 2.24) is 9.88 Å². The van der Waals surface area contributed by atoms with Crippen LogP contribution in [0.2, 0.25) is 5.02 Å². The standard InChI is InChI=1S/C23H31ClN2O3S/c1-22(2,21-10-7-19(24)15-25-21)26-14-13-23(16-26,17-29-3)12-11-18-5-8-20(9-6-18)30(4,27)28/h5-10,15H,11-14,16-17H2,1-4H3/t23-/m0/s1. The highest BCUT2D eigenvalue weighted by molar-refractivity contribution is 7.90. The summed E-state index contributed by atoms with van der Waals surface area (Å²) in [5.41, 5.74) is 2.02. The Labute approximate surface area is 185 Å². The predicted octanol–water partition coefficient (Wildman–Crippen LogP) is 4.34. The molecule has 164 valence electrons. The Balaban J connectivity index is 1.71.